The highest BCUT2D eigenvalue weighted by Gasteiger charge is 2.19. The highest BCUT2D eigenvalue weighted by Crippen LogP contribution is 2.20. The summed E-state index contributed by atoms with van der Waals surface area (Å²) >= 11 is 0. The van der Waals surface area contributed by atoms with Crippen LogP contribution in [0.25, 0.3) is 0 Å². The molecule has 78 valence electrons. The first-order valence-corrected chi connectivity index (χ1v) is 5.23. The molecule has 0 unspecified atom stereocenters. The Morgan fingerprint density at radius 3 is 2.73 bits per heavy atom. The number of nitrogens with zero attached hydrogens (tertiary/aromatic N) is 4. The third-order valence-electron chi connectivity index (χ3n) is 2.74. The second-order valence-corrected chi connectivity index (χ2v) is 3.91. The molecule has 4 heteroatoms. The number of nitriles is 1. The lowest BCUT2D eigenvalue weighted by Gasteiger charge is -2.29. The van der Waals surface area contributed by atoms with Gasteiger partial charge in [0.25, 0.3) is 0 Å². The van der Waals surface area contributed by atoms with E-state index in [0.29, 0.717) is 0 Å². The van der Waals surface area contributed by atoms with Gasteiger partial charge in [-0.2, -0.15) is 5.26 Å². The molecule has 4 nitrogen and oxygen atoms in total. The molecule has 0 atom stereocenters. The summed E-state index contributed by atoms with van der Waals surface area (Å²) in [5.41, 5.74) is 0.940. The molecule has 0 bridgehead atoms. The maximum absolute atomic E-state index is 8.80. The van der Waals surface area contributed by atoms with Crippen LogP contribution in [0, 0.1) is 24.2 Å². The van der Waals surface area contributed by atoms with E-state index in [-0.39, 0.29) is 5.92 Å². The summed E-state index contributed by atoms with van der Waals surface area (Å²) in [4.78, 5) is 10.8. The molecule has 0 radical (unpaired) electrons. The van der Waals surface area contributed by atoms with Crippen molar-refractivity contribution in [1.29, 1.82) is 5.26 Å². The highest BCUT2D eigenvalue weighted by atomic mass is 15.2. The SMILES string of the molecule is Cc1cncc(N2CCC(C#N)CC2)n1. The van der Waals surface area contributed by atoms with Gasteiger partial charge in [-0.1, -0.05) is 0 Å². The number of hydrogen-bond acceptors (Lipinski definition) is 4. The summed E-state index contributed by atoms with van der Waals surface area (Å²) in [6, 6.07) is 2.32. The topological polar surface area (TPSA) is 52.8 Å². The normalized spacial score (nSPS) is 17.5. The largest absolute Gasteiger partial charge is 0.355 e. The van der Waals surface area contributed by atoms with Gasteiger partial charge in [0.05, 0.1) is 18.0 Å². The zero-order valence-electron chi connectivity index (χ0n) is 8.85. The molecule has 15 heavy (non-hydrogen) atoms. The van der Waals surface area contributed by atoms with E-state index in [9.17, 15) is 0 Å². The minimum atomic E-state index is 0.221. The molecular weight excluding hydrogens is 188 g/mol. The molecule has 1 aromatic rings. The number of aromatic nitrogens is 2. The van der Waals surface area contributed by atoms with Crippen molar-refractivity contribution in [1.82, 2.24) is 9.97 Å². The summed E-state index contributed by atoms with van der Waals surface area (Å²) in [6.07, 6.45) is 5.42. The average Bonchev–Trinajstić information content (AvgIpc) is 2.29. The van der Waals surface area contributed by atoms with Crippen molar-refractivity contribution in [2.45, 2.75) is 19.8 Å². The van der Waals surface area contributed by atoms with Crippen LogP contribution in [0.2, 0.25) is 0 Å². The lowest BCUT2D eigenvalue weighted by molar-refractivity contribution is 0.484. The molecule has 1 saturated heterocycles. The Morgan fingerprint density at radius 1 is 1.40 bits per heavy atom. The fourth-order valence-electron chi connectivity index (χ4n) is 1.84. The first-order valence-electron chi connectivity index (χ1n) is 5.23. The number of anilines is 1. The first-order chi connectivity index (χ1) is 7.29. The third kappa shape index (κ3) is 2.24. The number of hydrogen-bond donors (Lipinski definition) is 0. The van der Waals surface area contributed by atoms with Gasteiger partial charge in [0.15, 0.2) is 0 Å². The van der Waals surface area contributed by atoms with Crippen LogP contribution >= 0.6 is 0 Å². The summed E-state index contributed by atoms with van der Waals surface area (Å²) in [5, 5.41) is 8.80. The fraction of sp³-hybridized carbons (Fsp3) is 0.545. The van der Waals surface area contributed by atoms with Crippen LogP contribution in [0.4, 0.5) is 5.82 Å². The Morgan fingerprint density at radius 2 is 2.13 bits per heavy atom. The van der Waals surface area contributed by atoms with Gasteiger partial charge in [-0.05, 0) is 19.8 Å². The minimum Gasteiger partial charge on any atom is -0.355 e. The van der Waals surface area contributed by atoms with E-state index < -0.39 is 0 Å². The third-order valence-corrected chi connectivity index (χ3v) is 2.74. The van der Waals surface area contributed by atoms with E-state index in [1.165, 1.54) is 0 Å². The standard InChI is InChI=1S/C11H14N4/c1-9-7-13-8-11(14-9)15-4-2-10(6-12)3-5-15/h7-8,10H,2-5H2,1H3. The van der Waals surface area contributed by atoms with Crippen molar-refractivity contribution in [2.24, 2.45) is 5.92 Å². The average molecular weight is 202 g/mol. The van der Waals surface area contributed by atoms with E-state index in [2.05, 4.69) is 20.9 Å². The smallest absolute Gasteiger partial charge is 0.147 e. The van der Waals surface area contributed by atoms with Crippen LogP contribution < -0.4 is 4.90 Å². The van der Waals surface area contributed by atoms with Crippen molar-refractivity contribution in [3.8, 4) is 6.07 Å². The maximum atomic E-state index is 8.80. The van der Waals surface area contributed by atoms with E-state index in [1.54, 1.807) is 12.4 Å². The van der Waals surface area contributed by atoms with Crippen LogP contribution in [-0.2, 0) is 0 Å². The van der Waals surface area contributed by atoms with Crippen molar-refractivity contribution in [3.63, 3.8) is 0 Å². The van der Waals surface area contributed by atoms with Gasteiger partial charge in [-0.3, -0.25) is 4.98 Å². The molecule has 0 N–H and O–H groups in total. The van der Waals surface area contributed by atoms with Crippen LogP contribution in [0.3, 0.4) is 0 Å². The lowest BCUT2D eigenvalue weighted by Crippen LogP contribution is -2.33. The molecule has 1 aliphatic heterocycles. The number of piperidine rings is 1. The summed E-state index contributed by atoms with van der Waals surface area (Å²) in [5.74, 6) is 1.16. The van der Waals surface area contributed by atoms with Gasteiger partial charge in [0.2, 0.25) is 0 Å². The van der Waals surface area contributed by atoms with E-state index in [4.69, 9.17) is 5.26 Å². The van der Waals surface area contributed by atoms with Gasteiger partial charge < -0.3 is 4.90 Å². The summed E-state index contributed by atoms with van der Waals surface area (Å²) < 4.78 is 0. The molecular formula is C11H14N4. The lowest BCUT2D eigenvalue weighted by atomic mass is 9.99. The Kier molecular flexibility index (Phi) is 2.82. The van der Waals surface area contributed by atoms with Crippen molar-refractivity contribution in [3.05, 3.63) is 18.1 Å². The van der Waals surface area contributed by atoms with E-state index in [1.807, 2.05) is 6.92 Å². The Bertz CT molecular complexity index is 374. The monoisotopic (exact) mass is 202 g/mol. The van der Waals surface area contributed by atoms with Crippen LogP contribution in [0.15, 0.2) is 12.4 Å². The Labute approximate surface area is 89.6 Å². The van der Waals surface area contributed by atoms with Gasteiger partial charge in [-0.15, -0.1) is 0 Å². The van der Waals surface area contributed by atoms with Gasteiger partial charge in [-0.25, -0.2) is 4.98 Å². The molecule has 0 saturated carbocycles. The first kappa shape index (κ1) is 9.91. The Hall–Kier alpha value is -1.63. The molecule has 0 amide bonds. The zero-order valence-corrected chi connectivity index (χ0v) is 8.85. The molecule has 0 aromatic carbocycles. The molecule has 0 spiro atoms. The van der Waals surface area contributed by atoms with Gasteiger partial charge >= 0.3 is 0 Å². The number of aryl methyl sites for hydroxylation is 1. The van der Waals surface area contributed by atoms with Crippen molar-refractivity contribution >= 4 is 5.82 Å². The van der Waals surface area contributed by atoms with Crippen molar-refractivity contribution in [2.75, 3.05) is 18.0 Å². The molecule has 2 heterocycles. The maximum Gasteiger partial charge on any atom is 0.147 e. The van der Waals surface area contributed by atoms with Crippen LogP contribution in [0.1, 0.15) is 18.5 Å². The molecule has 0 aliphatic carbocycles. The van der Waals surface area contributed by atoms with Crippen molar-refractivity contribution < 1.29 is 0 Å². The van der Waals surface area contributed by atoms with E-state index in [0.717, 1.165) is 37.4 Å². The second-order valence-electron chi connectivity index (χ2n) is 3.91. The van der Waals surface area contributed by atoms with Crippen LogP contribution in [0.5, 0.6) is 0 Å². The van der Waals surface area contributed by atoms with E-state index >= 15 is 0 Å². The molecule has 1 aromatic heterocycles. The number of rotatable bonds is 1. The molecule has 1 aliphatic rings. The minimum absolute atomic E-state index is 0.221. The second kappa shape index (κ2) is 4.26. The van der Waals surface area contributed by atoms with Gasteiger partial charge in [0, 0.05) is 25.2 Å². The fourth-order valence-corrected chi connectivity index (χ4v) is 1.84. The molecule has 2 rings (SSSR count). The Balaban J connectivity index is 2.05. The predicted octanol–water partition coefficient (Wildman–Crippen LogP) is 1.52. The zero-order chi connectivity index (χ0) is 10.7. The summed E-state index contributed by atoms with van der Waals surface area (Å²) in [7, 11) is 0. The quantitative estimate of drug-likeness (QED) is 0.693. The molecule has 1 fully saturated rings. The highest BCUT2D eigenvalue weighted by molar-refractivity contribution is 5.36. The van der Waals surface area contributed by atoms with Gasteiger partial charge in [0.1, 0.15) is 5.82 Å². The summed E-state index contributed by atoms with van der Waals surface area (Å²) in [6.45, 7) is 3.77. The predicted molar refractivity (Wildman–Crippen MR) is 57.3 cm³/mol. The van der Waals surface area contributed by atoms with Crippen LogP contribution in [-0.4, -0.2) is 23.1 Å².